The Labute approximate surface area is 167 Å². The van der Waals surface area contributed by atoms with Gasteiger partial charge in [0.15, 0.2) is 0 Å². The Kier molecular flexibility index (Phi) is 5.12. The van der Waals surface area contributed by atoms with Crippen LogP contribution in [0.25, 0.3) is 10.8 Å². The van der Waals surface area contributed by atoms with Crippen molar-refractivity contribution >= 4 is 22.2 Å². The highest BCUT2D eigenvalue weighted by atomic mass is 15.3. The van der Waals surface area contributed by atoms with Crippen LogP contribution in [0.15, 0.2) is 101 Å². The van der Waals surface area contributed by atoms with E-state index in [-0.39, 0.29) is 0 Å². The van der Waals surface area contributed by atoms with Crippen molar-refractivity contribution < 1.29 is 0 Å². The van der Waals surface area contributed by atoms with E-state index in [0.717, 1.165) is 17.8 Å². The second-order valence-corrected chi connectivity index (χ2v) is 7.61. The van der Waals surface area contributed by atoms with E-state index in [9.17, 15) is 0 Å². The average molecular weight is 367 g/mol. The fourth-order valence-corrected chi connectivity index (χ4v) is 3.93. The lowest BCUT2D eigenvalue weighted by molar-refractivity contribution is 0.759. The molecule has 2 heteroatoms. The van der Waals surface area contributed by atoms with Gasteiger partial charge in [-0.1, -0.05) is 83.5 Å². The second-order valence-electron chi connectivity index (χ2n) is 7.61. The topological polar surface area (TPSA) is 24.4 Å². The molecule has 140 valence electrons. The first-order chi connectivity index (χ1) is 13.6. The van der Waals surface area contributed by atoms with Crippen molar-refractivity contribution in [2.45, 2.75) is 27.2 Å². The summed E-state index contributed by atoms with van der Waals surface area (Å²) in [7, 11) is 0. The van der Waals surface area contributed by atoms with Gasteiger partial charge in [0.25, 0.3) is 0 Å². The van der Waals surface area contributed by atoms with Gasteiger partial charge in [-0.15, -0.1) is 0 Å². The van der Waals surface area contributed by atoms with Gasteiger partial charge in [0.1, 0.15) is 0 Å². The second kappa shape index (κ2) is 7.85. The first-order valence-electron chi connectivity index (χ1n) is 9.84. The third-order valence-electron chi connectivity index (χ3n) is 5.71. The number of nitrogens with zero attached hydrogens (tertiary/aromatic N) is 1. The highest BCUT2D eigenvalue weighted by molar-refractivity contribution is 6.01. The van der Waals surface area contributed by atoms with Crippen LogP contribution in [0.5, 0.6) is 0 Å². The number of hydrogen-bond donors (Lipinski definition) is 1. The van der Waals surface area contributed by atoms with Gasteiger partial charge in [-0.25, -0.2) is 0 Å². The van der Waals surface area contributed by atoms with Crippen LogP contribution in [0.3, 0.4) is 0 Å². The van der Waals surface area contributed by atoms with Crippen LogP contribution in [-0.2, 0) is 0 Å². The highest BCUT2D eigenvalue weighted by Gasteiger charge is 2.22. The number of rotatable bonds is 5. The van der Waals surface area contributed by atoms with Crippen LogP contribution in [0.4, 0.5) is 5.69 Å². The molecule has 0 radical (unpaired) electrons. The molecule has 0 bridgehead atoms. The molecule has 1 atom stereocenters. The molecular weight excluding hydrogens is 340 g/mol. The molecular formula is C26H26N2. The van der Waals surface area contributed by atoms with Gasteiger partial charge in [0.05, 0.1) is 11.4 Å². The monoisotopic (exact) mass is 366 g/mol. The van der Waals surface area contributed by atoms with Crippen LogP contribution >= 0.6 is 0 Å². The number of allylic oxidation sites excluding steroid dienone is 4. The fraction of sp³-hybridized carbons (Fsp3) is 0.192. The van der Waals surface area contributed by atoms with Crippen LogP contribution in [-0.4, -0.2) is 5.71 Å². The van der Waals surface area contributed by atoms with Crippen molar-refractivity contribution in [3.63, 3.8) is 0 Å². The summed E-state index contributed by atoms with van der Waals surface area (Å²) < 4.78 is 0. The van der Waals surface area contributed by atoms with Gasteiger partial charge in [-0.3, -0.25) is 5.43 Å². The third kappa shape index (κ3) is 3.77. The standard InChI is InChI=1S/C26H26N2/c1-18-15-19(2)25(20(18)3)17-26(22-10-5-4-6-11-22)28-27-24-14-13-21-9-7-8-12-23(21)16-24/h4-16,25,27H,17H2,1-3H3. The molecule has 4 rings (SSSR count). The van der Waals surface area contributed by atoms with Crippen LogP contribution in [0, 0.1) is 5.92 Å². The SMILES string of the molecule is CC1=CC(C)=C(C)C1CC(=NNc1ccc2ccccc2c1)c1ccccc1. The Morgan fingerprint density at radius 1 is 0.857 bits per heavy atom. The summed E-state index contributed by atoms with van der Waals surface area (Å²) in [5.41, 5.74) is 10.8. The minimum absolute atomic E-state index is 0.428. The van der Waals surface area contributed by atoms with E-state index in [4.69, 9.17) is 5.10 Å². The number of hydrogen-bond acceptors (Lipinski definition) is 2. The van der Waals surface area contributed by atoms with E-state index in [1.54, 1.807) is 0 Å². The van der Waals surface area contributed by atoms with Crippen LogP contribution in [0.2, 0.25) is 0 Å². The fourth-order valence-electron chi connectivity index (χ4n) is 3.93. The first-order valence-corrected chi connectivity index (χ1v) is 9.84. The largest absolute Gasteiger partial charge is 0.278 e. The Bertz CT molecular complexity index is 1090. The van der Waals surface area contributed by atoms with Gasteiger partial charge in [-0.2, -0.15) is 5.10 Å². The van der Waals surface area contributed by atoms with E-state index in [0.29, 0.717) is 5.92 Å². The molecule has 0 aromatic heterocycles. The van der Waals surface area contributed by atoms with E-state index in [1.807, 2.05) is 6.07 Å². The number of anilines is 1. The molecule has 0 heterocycles. The Hall–Kier alpha value is -3.13. The Morgan fingerprint density at radius 3 is 2.29 bits per heavy atom. The summed E-state index contributed by atoms with van der Waals surface area (Å²) in [6, 6.07) is 25.2. The van der Waals surface area contributed by atoms with Crippen molar-refractivity contribution in [1.82, 2.24) is 0 Å². The van der Waals surface area contributed by atoms with Crippen molar-refractivity contribution in [3.05, 3.63) is 101 Å². The summed E-state index contributed by atoms with van der Waals surface area (Å²) in [5.74, 6) is 0.428. The summed E-state index contributed by atoms with van der Waals surface area (Å²) in [5, 5.41) is 7.30. The van der Waals surface area contributed by atoms with E-state index in [1.165, 1.54) is 33.1 Å². The predicted octanol–water partition coefficient (Wildman–Crippen LogP) is 6.96. The zero-order valence-corrected chi connectivity index (χ0v) is 16.7. The summed E-state index contributed by atoms with van der Waals surface area (Å²) in [6.45, 7) is 6.67. The van der Waals surface area contributed by atoms with Gasteiger partial charge in [0.2, 0.25) is 0 Å². The van der Waals surface area contributed by atoms with Crippen LogP contribution < -0.4 is 5.43 Å². The molecule has 1 aliphatic carbocycles. The number of fused-ring (bicyclic) bond motifs is 1. The lowest BCUT2D eigenvalue weighted by atomic mass is 9.89. The minimum Gasteiger partial charge on any atom is -0.278 e. The number of benzene rings is 3. The zero-order valence-electron chi connectivity index (χ0n) is 16.7. The summed E-state index contributed by atoms with van der Waals surface area (Å²) in [4.78, 5) is 0. The summed E-state index contributed by atoms with van der Waals surface area (Å²) >= 11 is 0. The highest BCUT2D eigenvalue weighted by Crippen LogP contribution is 2.34. The van der Waals surface area contributed by atoms with E-state index >= 15 is 0 Å². The molecule has 1 N–H and O–H groups in total. The lowest BCUT2D eigenvalue weighted by Gasteiger charge is -2.17. The molecule has 1 unspecified atom stereocenters. The lowest BCUT2D eigenvalue weighted by Crippen LogP contribution is -2.12. The van der Waals surface area contributed by atoms with Crippen molar-refractivity contribution in [2.75, 3.05) is 5.43 Å². The van der Waals surface area contributed by atoms with Crippen LogP contribution in [0.1, 0.15) is 32.8 Å². The van der Waals surface area contributed by atoms with Crippen molar-refractivity contribution in [1.29, 1.82) is 0 Å². The molecule has 0 aliphatic heterocycles. The minimum atomic E-state index is 0.428. The predicted molar refractivity (Wildman–Crippen MR) is 121 cm³/mol. The average Bonchev–Trinajstić information content (AvgIpc) is 2.97. The quantitative estimate of drug-likeness (QED) is 0.383. The third-order valence-corrected chi connectivity index (χ3v) is 5.71. The molecule has 2 nitrogen and oxygen atoms in total. The summed E-state index contributed by atoms with van der Waals surface area (Å²) in [6.07, 6.45) is 3.20. The van der Waals surface area contributed by atoms with E-state index in [2.05, 4.69) is 99.0 Å². The maximum Gasteiger partial charge on any atom is 0.0688 e. The van der Waals surface area contributed by atoms with E-state index < -0.39 is 0 Å². The molecule has 0 spiro atoms. The van der Waals surface area contributed by atoms with Gasteiger partial charge in [-0.05, 0) is 49.2 Å². The van der Waals surface area contributed by atoms with Gasteiger partial charge in [0, 0.05) is 12.3 Å². The molecule has 3 aromatic carbocycles. The van der Waals surface area contributed by atoms with Crippen molar-refractivity contribution in [3.8, 4) is 0 Å². The molecule has 3 aromatic rings. The van der Waals surface area contributed by atoms with Gasteiger partial charge < -0.3 is 0 Å². The smallest absolute Gasteiger partial charge is 0.0688 e. The molecule has 0 saturated heterocycles. The Balaban J connectivity index is 1.64. The molecule has 0 saturated carbocycles. The zero-order chi connectivity index (χ0) is 19.5. The molecule has 28 heavy (non-hydrogen) atoms. The number of hydrazone groups is 1. The van der Waals surface area contributed by atoms with Gasteiger partial charge >= 0.3 is 0 Å². The number of nitrogens with one attached hydrogen (secondary N) is 1. The molecule has 0 amide bonds. The van der Waals surface area contributed by atoms with Crippen molar-refractivity contribution in [2.24, 2.45) is 11.0 Å². The molecule has 1 aliphatic rings. The normalized spacial score (nSPS) is 17.2. The Morgan fingerprint density at radius 2 is 1.57 bits per heavy atom. The maximum atomic E-state index is 4.85. The maximum absolute atomic E-state index is 4.85. The first kappa shape index (κ1) is 18.2. The molecule has 0 fully saturated rings.